The highest BCUT2D eigenvalue weighted by Gasteiger charge is 2.28. The van der Waals surface area contributed by atoms with Gasteiger partial charge in [0.15, 0.2) is 0 Å². The van der Waals surface area contributed by atoms with E-state index in [1.807, 2.05) is 120 Å². The van der Waals surface area contributed by atoms with Gasteiger partial charge in [0.25, 0.3) is 17.4 Å². The molecule has 0 aliphatic rings. The molecule has 0 saturated heterocycles. The highest BCUT2D eigenvalue weighted by molar-refractivity contribution is 7.16. The molecule has 0 bridgehead atoms. The molecule has 8 aromatic rings. The van der Waals surface area contributed by atoms with Gasteiger partial charge in [-0.1, -0.05) is 76.9 Å². The molecule has 12 nitrogen and oxygen atoms in total. The van der Waals surface area contributed by atoms with Crippen LogP contribution in [0.5, 0.6) is 0 Å². The van der Waals surface area contributed by atoms with Crippen molar-refractivity contribution in [2.24, 2.45) is 10.8 Å². The molecule has 0 unspecified atom stereocenters. The maximum Gasteiger partial charge on any atom is 0.252 e. The number of alkyl halides is 1. The summed E-state index contributed by atoms with van der Waals surface area (Å²) in [5.74, 6) is 0.338. The van der Waals surface area contributed by atoms with Crippen LogP contribution in [0.1, 0.15) is 83.7 Å². The van der Waals surface area contributed by atoms with E-state index in [1.165, 1.54) is 38.1 Å². The minimum Gasteiger partial charge on any atom is -0.329 e. The minimum absolute atomic E-state index is 0.0761. The summed E-state index contributed by atoms with van der Waals surface area (Å²) in [5.41, 5.74) is 4.47. The summed E-state index contributed by atoms with van der Waals surface area (Å²) in [4.78, 5) is 63.4. The van der Waals surface area contributed by atoms with Crippen LogP contribution in [0.3, 0.4) is 0 Å². The van der Waals surface area contributed by atoms with Crippen LogP contribution in [0.15, 0.2) is 131 Å². The number of carbonyl (C=O) groups is 2. The van der Waals surface area contributed by atoms with E-state index in [2.05, 4.69) is 25.1 Å². The molecule has 0 aromatic carbocycles. The molecule has 8 aromatic heterocycles. The quantitative estimate of drug-likeness (QED) is 0.126. The Labute approximate surface area is 412 Å². The van der Waals surface area contributed by atoms with Gasteiger partial charge in [0.1, 0.15) is 0 Å². The molecule has 1 N–H and O–H groups in total. The second-order valence-corrected chi connectivity index (χ2v) is 21.4. The van der Waals surface area contributed by atoms with Crippen LogP contribution in [-0.4, -0.2) is 50.9 Å². The molecule has 348 valence electrons. The zero-order chi connectivity index (χ0) is 48.3. The highest BCUT2D eigenvalue weighted by Crippen LogP contribution is 2.28. The number of aromatic amines is 1. The molecular weight excluding hydrogens is 947 g/mol. The number of halogens is 3. The van der Waals surface area contributed by atoms with Gasteiger partial charge in [0.2, 0.25) is 5.56 Å². The van der Waals surface area contributed by atoms with E-state index < -0.39 is 10.8 Å². The first-order valence-corrected chi connectivity index (χ1v) is 24.3. The number of rotatable bonds is 11. The van der Waals surface area contributed by atoms with Crippen molar-refractivity contribution in [2.75, 3.05) is 0 Å². The van der Waals surface area contributed by atoms with Crippen molar-refractivity contribution >= 4 is 69.3 Å². The number of thiophene rings is 2. The fourth-order valence-corrected chi connectivity index (χ4v) is 8.82. The van der Waals surface area contributed by atoms with E-state index in [-0.39, 0.29) is 22.9 Å². The number of nitrogens with one attached hydrogen (secondary N) is 1. The van der Waals surface area contributed by atoms with Gasteiger partial charge in [-0.25, -0.2) is 9.36 Å². The van der Waals surface area contributed by atoms with Crippen LogP contribution in [0.25, 0.3) is 22.5 Å². The highest BCUT2D eigenvalue weighted by atomic mass is 35.5. The molecule has 0 aliphatic heterocycles. The lowest BCUT2D eigenvalue weighted by Gasteiger charge is -2.17. The second kappa shape index (κ2) is 22.8. The third kappa shape index (κ3) is 14.4. The predicted molar refractivity (Wildman–Crippen MR) is 271 cm³/mol. The number of hydrogen-bond donors (Lipinski definition) is 1. The summed E-state index contributed by atoms with van der Waals surface area (Å²) in [5, 5.41) is 9.10. The Balaban J connectivity index is 0.000000193. The summed E-state index contributed by atoms with van der Waals surface area (Å²) in [6.45, 7) is 11.6. The van der Waals surface area contributed by atoms with Crippen LogP contribution < -0.4 is 11.1 Å². The van der Waals surface area contributed by atoms with E-state index >= 15 is 0 Å². The van der Waals surface area contributed by atoms with Crippen molar-refractivity contribution in [3.63, 3.8) is 0 Å². The van der Waals surface area contributed by atoms with Crippen molar-refractivity contribution in [3.05, 3.63) is 184 Å². The Bertz CT molecular complexity index is 3030. The number of carbonyl (C=O) groups excluding carboxylic acids is 2. The zero-order valence-electron chi connectivity index (χ0n) is 38.0. The summed E-state index contributed by atoms with van der Waals surface area (Å²) >= 11 is 20.6. The van der Waals surface area contributed by atoms with Gasteiger partial charge >= 0.3 is 0 Å². The lowest BCUT2D eigenvalue weighted by atomic mass is 9.95. The van der Waals surface area contributed by atoms with E-state index in [1.54, 1.807) is 41.5 Å². The first-order chi connectivity index (χ1) is 31.9. The Morgan fingerprint density at radius 1 is 0.627 bits per heavy atom. The number of nitrogens with zero attached hydrogens (tertiary/aromatic N) is 7. The van der Waals surface area contributed by atoms with Crippen LogP contribution in [-0.2, 0) is 38.1 Å². The number of aryl methyl sites for hydroxylation is 4. The van der Waals surface area contributed by atoms with Crippen LogP contribution in [0.4, 0.5) is 0 Å². The topological polar surface area (TPSA) is 150 Å². The number of pyridine rings is 4. The number of H-pyrrole nitrogens is 1. The number of hydrogen-bond acceptors (Lipinski definition) is 10. The van der Waals surface area contributed by atoms with Gasteiger partial charge in [-0.3, -0.25) is 29.1 Å². The van der Waals surface area contributed by atoms with E-state index in [9.17, 15) is 19.2 Å². The second-order valence-electron chi connectivity index (χ2n) is 17.5. The maximum absolute atomic E-state index is 13.1. The standard InChI is InChI=1S/C25H25ClN4O2S.C19H20ClN3O2S.C6H6ClN/c1-25(2,3)24(32)30-19(7-8-20-9-10-22(26)33-20)15-21(28-30)17-11-13-29(23(31)14-17)16-18-6-4-5-12-27-18;1-19(2,3)18(25)23-13(4-5-14-6-7-16(20)26-14)11-15(22-23)12-8-9-21-17(24)10-12;7-5-6-3-1-2-4-8-6/h4-6,9-15H,7-8,16H2,1-3H3;6-11H,4-5H2,1-3H3,(H,21,24);1-4H,5H2. The fraction of sp³-hybridized carbons (Fsp3) is 0.280. The van der Waals surface area contributed by atoms with Crippen molar-refractivity contribution in [1.82, 2.24) is 39.1 Å². The Morgan fingerprint density at radius 2 is 1.13 bits per heavy atom. The van der Waals surface area contributed by atoms with Gasteiger partial charge in [-0.05, 0) is 98.5 Å². The van der Waals surface area contributed by atoms with Crippen molar-refractivity contribution in [1.29, 1.82) is 0 Å². The first-order valence-electron chi connectivity index (χ1n) is 21.4. The van der Waals surface area contributed by atoms with Crippen LogP contribution in [0.2, 0.25) is 8.67 Å². The molecule has 0 spiro atoms. The first kappa shape index (κ1) is 50.6. The molecule has 67 heavy (non-hydrogen) atoms. The smallest absolute Gasteiger partial charge is 0.252 e. The summed E-state index contributed by atoms with van der Waals surface area (Å²) in [6.07, 6.45) is 9.59. The van der Waals surface area contributed by atoms with Crippen molar-refractivity contribution in [3.8, 4) is 22.5 Å². The van der Waals surface area contributed by atoms with E-state index in [4.69, 9.17) is 34.8 Å². The van der Waals surface area contributed by atoms with Crippen LogP contribution in [0, 0.1) is 10.8 Å². The maximum atomic E-state index is 13.1. The Morgan fingerprint density at radius 3 is 1.54 bits per heavy atom. The van der Waals surface area contributed by atoms with Crippen LogP contribution >= 0.6 is 57.5 Å². The molecule has 0 radical (unpaired) electrons. The van der Waals surface area contributed by atoms with Gasteiger partial charge < -0.3 is 9.55 Å². The summed E-state index contributed by atoms with van der Waals surface area (Å²) in [6, 6.07) is 29.5. The zero-order valence-corrected chi connectivity index (χ0v) is 41.9. The molecule has 0 saturated carbocycles. The molecule has 0 amide bonds. The Kier molecular flexibility index (Phi) is 17.2. The third-order valence-electron chi connectivity index (χ3n) is 10.0. The molecule has 0 aliphatic carbocycles. The predicted octanol–water partition coefficient (Wildman–Crippen LogP) is 11.6. The van der Waals surface area contributed by atoms with Gasteiger partial charge in [0, 0.05) is 80.0 Å². The minimum atomic E-state index is -0.587. The van der Waals surface area contributed by atoms with Gasteiger partial charge in [-0.15, -0.1) is 34.3 Å². The molecule has 0 fully saturated rings. The van der Waals surface area contributed by atoms with E-state index in [0.29, 0.717) is 47.8 Å². The SMILES string of the molecule is CC(C)(C)C(=O)n1nc(-c2cc[nH]c(=O)c2)cc1CCc1ccc(Cl)s1.CC(C)(C)C(=O)n1nc(-c2ccn(Cc3ccccn3)c(=O)c2)cc1CCc1ccc(Cl)s1.ClCc1ccccn1. The molecule has 8 heterocycles. The fourth-order valence-electron chi connectivity index (χ4n) is 6.48. The largest absolute Gasteiger partial charge is 0.329 e. The molecule has 17 heteroatoms. The summed E-state index contributed by atoms with van der Waals surface area (Å²) in [7, 11) is 0. The van der Waals surface area contributed by atoms with Gasteiger partial charge in [0.05, 0.1) is 43.9 Å². The Hall–Kier alpha value is -5.77. The lowest BCUT2D eigenvalue weighted by Crippen LogP contribution is -2.29. The molecular formula is C50H51Cl3N8O4S2. The van der Waals surface area contributed by atoms with Crippen molar-refractivity contribution in [2.45, 2.75) is 79.7 Å². The number of aromatic nitrogens is 8. The van der Waals surface area contributed by atoms with E-state index in [0.717, 1.165) is 54.0 Å². The molecule has 8 rings (SSSR count). The average Bonchev–Trinajstić information content (AvgIpc) is 4.13. The normalized spacial score (nSPS) is 11.4. The molecule has 0 atom stereocenters. The lowest BCUT2D eigenvalue weighted by molar-refractivity contribution is 0.0739. The third-order valence-corrected chi connectivity index (χ3v) is 12.9. The average molecular weight is 999 g/mol. The van der Waals surface area contributed by atoms with Gasteiger partial charge in [-0.2, -0.15) is 10.2 Å². The monoisotopic (exact) mass is 996 g/mol. The van der Waals surface area contributed by atoms with Crippen molar-refractivity contribution < 1.29 is 9.59 Å². The summed E-state index contributed by atoms with van der Waals surface area (Å²) < 4.78 is 6.07.